The van der Waals surface area contributed by atoms with Gasteiger partial charge in [0, 0.05) is 22.6 Å². The van der Waals surface area contributed by atoms with Gasteiger partial charge in [0.2, 0.25) is 11.8 Å². The molecule has 2 rings (SSSR count). The fourth-order valence-corrected chi connectivity index (χ4v) is 3.54. The molecule has 0 aliphatic rings. The van der Waals surface area contributed by atoms with E-state index in [0.29, 0.717) is 10.0 Å². The minimum absolute atomic E-state index is 0.0378. The van der Waals surface area contributed by atoms with Gasteiger partial charge in [0.25, 0.3) is 0 Å². The topological polar surface area (TPSA) is 49.4 Å². The molecule has 162 valence electrons. The van der Waals surface area contributed by atoms with Crippen LogP contribution in [-0.2, 0) is 22.6 Å². The minimum Gasteiger partial charge on any atom is -0.352 e. The third kappa shape index (κ3) is 6.48. The lowest BCUT2D eigenvalue weighted by molar-refractivity contribution is -0.140. The highest BCUT2D eigenvalue weighted by Gasteiger charge is 2.27. The summed E-state index contributed by atoms with van der Waals surface area (Å²) in [4.78, 5) is 27.6. The van der Waals surface area contributed by atoms with E-state index in [9.17, 15) is 9.59 Å². The molecule has 0 spiro atoms. The van der Waals surface area contributed by atoms with Crippen LogP contribution < -0.4 is 5.32 Å². The molecule has 6 heteroatoms. The van der Waals surface area contributed by atoms with Gasteiger partial charge in [-0.15, -0.1) is 0 Å². The molecule has 0 aliphatic heterocycles. The normalized spacial score (nSPS) is 12.9. The summed E-state index contributed by atoms with van der Waals surface area (Å²) in [6.45, 7) is 10.00. The van der Waals surface area contributed by atoms with Gasteiger partial charge in [-0.05, 0) is 68.5 Å². The number of nitrogens with zero attached hydrogens (tertiary/aromatic N) is 1. The Kier molecular flexibility index (Phi) is 8.75. The first-order chi connectivity index (χ1) is 14.1. The van der Waals surface area contributed by atoms with Gasteiger partial charge in [0.05, 0.1) is 6.42 Å². The maximum absolute atomic E-state index is 13.3. The van der Waals surface area contributed by atoms with E-state index in [0.717, 1.165) is 23.1 Å². The predicted octanol–water partition coefficient (Wildman–Crippen LogP) is 5.48. The molecule has 0 heterocycles. The quantitative estimate of drug-likeness (QED) is 0.580. The van der Waals surface area contributed by atoms with E-state index in [1.807, 2.05) is 45.9 Å². The monoisotopic (exact) mass is 448 g/mol. The molecule has 0 radical (unpaired) electrons. The fraction of sp³-hybridized carbons (Fsp3) is 0.417. The van der Waals surface area contributed by atoms with Crippen LogP contribution >= 0.6 is 23.2 Å². The van der Waals surface area contributed by atoms with Crippen molar-refractivity contribution >= 4 is 35.0 Å². The van der Waals surface area contributed by atoms with Gasteiger partial charge in [-0.1, -0.05) is 54.4 Å². The first kappa shape index (κ1) is 24.2. The fourth-order valence-electron chi connectivity index (χ4n) is 3.07. The number of amides is 2. The van der Waals surface area contributed by atoms with Crippen molar-refractivity contribution in [2.24, 2.45) is 0 Å². The Morgan fingerprint density at radius 2 is 1.73 bits per heavy atom. The second-order valence-electron chi connectivity index (χ2n) is 7.85. The second-order valence-corrected chi connectivity index (χ2v) is 8.69. The summed E-state index contributed by atoms with van der Waals surface area (Å²) < 4.78 is 0. The highest BCUT2D eigenvalue weighted by atomic mass is 35.5. The predicted molar refractivity (Wildman–Crippen MR) is 124 cm³/mol. The summed E-state index contributed by atoms with van der Waals surface area (Å²) in [5, 5.41) is 3.97. The number of carbonyl (C=O) groups excluding carboxylic acids is 2. The minimum atomic E-state index is -0.634. The average molecular weight is 449 g/mol. The van der Waals surface area contributed by atoms with Gasteiger partial charge in [0.15, 0.2) is 0 Å². The third-order valence-electron chi connectivity index (χ3n) is 5.45. The van der Waals surface area contributed by atoms with Crippen molar-refractivity contribution in [1.82, 2.24) is 10.2 Å². The van der Waals surface area contributed by atoms with E-state index in [-0.39, 0.29) is 30.8 Å². The molecule has 2 amide bonds. The molecule has 0 fully saturated rings. The zero-order valence-electron chi connectivity index (χ0n) is 18.3. The second kappa shape index (κ2) is 10.8. The number of rotatable bonds is 8. The Labute approximate surface area is 189 Å². The van der Waals surface area contributed by atoms with E-state index in [4.69, 9.17) is 23.2 Å². The third-order valence-corrected chi connectivity index (χ3v) is 6.04. The standard InChI is InChI=1S/C24H30Cl2N2O2/c1-6-17(4)27-24(30)18(5)28(14-20-9-10-21(25)13-22(20)26)23(29)12-19-8-7-15(2)16(3)11-19/h7-11,13,17-18H,6,12,14H2,1-5H3,(H,27,30)/t17-,18-/m1/s1. The lowest BCUT2D eigenvalue weighted by Gasteiger charge is -2.30. The average Bonchev–Trinajstić information content (AvgIpc) is 2.69. The van der Waals surface area contributed by atoms with Crippen LogP contribution in [0.3, 0.4) is 0 Å². The largest absolute Gasteiger partial charge is 0.352 e. The summed E-state index contributed by atoms with van der Waals surface area (Å²) in [7, 11) is 0. The Morgan fingerprint density at radius 3 is 2.33 bits per heavy atom. The van der Waals surface area contributed by atoms with Crippen LogP contribution in [0.5, 0.6) is 0 Å². The summed E-state index contributed by atoms with van der Waals surface area (Å²) in [6.07, 6.45) is 1.03. The number of carbonyl (C=O) groups is 2. The van der Waals surface area contributed by atoms with Crippen molar-refractivity contribution in [1.29, 1.82) is 0 Å². The molecule has 2 aromatic carbocycles. The SMILES string of the molecule is CC[C@@H](C)NC(=O)[C@@H](C)N(Cc1ccc(Cl)cc1Cl)C(=O)Cc1ccc(C)c(C)c1. The highest BCUT2D eigenvalue weighted by molar-refractivity contribution is 6.35. The summed E-state index contributed by atoms with van der Waals surface area (Å²) in [6, 6.07) is 10.6. The van der Waals surface area contributed by atoms with Crippen molar-refractivity contribution in [3.63, 3.8) is 0 Å². The Bertz CT molecular complexity index is 914. The number of halogens is 2. The number of hydrogen-bond acceptors (Lipinski definition) is 2. The molecule has 0 saturated carbocycles. The van der Waals surface area contributed by atoms with Crippen molar-refractivity contribution in [2.75, 3.05) is 0 Å². The van der Waals surface area contributed by atoms with Gasteiger partial charge in [0.1, 0.15) is 6.04 Å². The van der Waals surface area contributed by atoms with Crippen LogP contribution in [0.4, 0.5) is 0 Å². The molecule has 0 saturated heterocycles. The molecule has 1 N–H and O–H groups in total. The molecule has 30 heavy (non-hydrogen) atoms. The van der Waals surface area contributed by atoms with Crippen molar-refractivity contribution in [3.8, 4) is 0 Å². The first-order valence-electron chi connectivity index (χ1n) is 10.2. The lowest BCUT2D eigenvalue weighted by atomic mass is 10.0. The van der Waals surface area contributed by atoms with Crippen LogP contribution in [0.25, 0.3) is 0 Å². The van der Waals surface area contributed by atoms with Crippen molar-refractivity contribution < 1.29 is 9.59 Å². The zero-order chi connectivity index (χ0) is 22.4. The van der Waals surface area contributed by atoms with Crippen molar-refractivity contribution in [2.45, 2.75) is 66.1 Å². The number of nitrogens with one attached hydrogen (secondary N) is 1. The van der Waals surface area contributed by atoms with Gasteiger partial charge < -0.3 is 10.2 Å². The van der Waals surface area contributed by atoms with E-state index in [1.165, 1.54) is 5.56 Å². The molecule has 0 bridgehead atoms. The van der Waals surface area contributed by atoms with Crippen LogP contribution in [-0.4, -0.2) is 28.8 Å². The summed E-state index contributed by atoms with van der Waals surface area (Å²) in [5.74, 6) is -0.307. The van der Waals surface area contributed by atoms with Gasteiger partial charge in [-0.2, -0.15) is 0 Å². The van der Waals surface area contributed by atoms with Crippen LogP contribution in [0, 0.1) is 13.8 Å². The Balaban J connectivity index is 2.29. The van der Waals surface area contributed by atoms with E-state index >= 15 is 0 Å². The number of benzene rings is 2. The van der Waals surface area contributed by atoms with Gasteiger partial charge in [-0.3, -0.25) is 9.59 Å². The lowest BCUT2D eigenvalue weighted by Crippen LogP contribution is -2.50. The molecular formula is C24H30Cl2N2O2. The Morgan fingerprint density at radius 1 is 1.03 bits per heavy atom. The smallest absolute Gasteiger partial charge is 0.242 e. The molecule has 2 atom stereocenters. The molecule has 4 nitrogen and oxygen atoms in total. The highest BCUT2D eigenvalue weighted by Crippen LogP contribution is 2.24. The maximum atomic E-state index is 13.3. The van der Waals surface area contributed by atoms with E-state index < -0.39 is 6.04 Å². The van der Waals surface area contributed by atoms with Gasteiger partial charge in [-0.25, -0.2) is 0 Å². The maximum Gasteiger partial charge on any atom is 0.242 e. The first-order valence-corrected chi connectivity index (χ1v) is 11.0. The van der Waals surface area contributed by atoms with Crippen LogP contribution in [0.15, 0.2) is 36.4 Å². The summed E-state index contributed by atoms with van der Waals surface area (Å²) >= 11 is 12.4. The van der Waals surface area contributed by atoms with Crippen molar-refractivity contribution in [3.05, 3.63) is 68.7 Å². The van der Waals surface area contributed by atoms with Crippen LogP contribution in [0.1, 0.15) is 49.4 Å². The molecule has 0 aliphatic carbocycles. The molecule has 2 aromatic rings. The molecule has 0 unspecified atom stereocenters. The summed E-state index contributed by atoms with van der Waals surface area (Å²) in [5.41, 5.74) is 3.98. The van der Waals surface area contributed by atoms with Gasteiger partial charge >= 0.3 is 0 Å². The van der Waals surface area contributed by atoms with E-state index in [2.05, 4.69) is 5.32 Å². The number of hydrogen-bond donors (Lipinski definition) is 1. The zero-order valence-corrected chi connectivity index (χ0v) is 19.8. The van der Waals surface area contributed by atoms with E-state index in [1.54, 1.807) is 30.0 Å². The Hall–Kier alpha value is -2.04. The molecular weight excluding hydrogens is 419 g/mol. The number of aryl methyl sites for hydroxylation is 2. The molecule has 0 aromatic heterocycles. The van der Waals surface area contributed by atoms with Crippen LogP contribution in [0.2, 0.25) is 10.0 Å².